The number of amides is 2. The van der Waals surface area contributed by atoms with Gasteiger partial charge in [0.05, 0.1) is 18.7 Å². The number of likely N-dealkylation sites (tertiary alicyclic amines) is 1. The third-order valence-electron chi connectivity index (χ3n) is 4.54. The molecule has 0 spiro atoms. The van der Waals surface area contributed by atoms with Gasteiger partial charge in [0, 0.05) is 18.7 Å². The lowest BCUT2D eigenvalue weighted by atomic mass is 10.1. The van der Waals surface area contributed by atoms with Gasteiger partial charge in [-0.1, -0.05) is 18.2 Å². The average molecular weight is 370 g/mol. The van der Waals surface area contributed by atoms with E-state index in [9.17, 15) is 14.4 Å². The summed E-state index contributed by atoms with van der Waals surface area (Å²) in [4.78, 5) is 38.3. The summed E-state index contributed by atoms with van der Waals surface area (Å²) < 4.78 is 10.5. The van der Waals surface area contributed by atoms with Gasteiger partial charge in [0.1, 0.15) is 5.76 Å². The van der Waals surface area contributed by atoms with Gasteiger partial charge in [0.25, 0.3) is 5.91 Å². The number of hydrogen-bond donors (Lipinski definition) is 1. The Balaban J connectivity index is 1.53. The molecule has 1 saturated heterocycles. The van der Waals surface area contributed by atoms with E-state index in [1.54, 1.807) is 23.1 Å². The second-order valence-corrected chi connectivity index (χ2v) is 6.64. The van der Waals surface area contributed by atoms with Crippen molar-refractivity contribution < 1.29 is 23.5 Å². The zero-order valence-electron chi connectivity index (χ0n) is 15.3. The first-order chi connectivity index (χ1) is 12.9. The highest BCUT2D eigenvalue weighted by molar-refractivity contribution is 5.96. The molecule has 7 heteroatoms. The van der Waals surface area contributed by atoms with Gasteiger partial charge in [0.15, 0.2) is 6.10 Å². The molecule has 7 nitrogen and oxygen atoms in total. The molecule has 2 heterocycles. The van der Waals surface area contributed by atoms with Crippen molar-refractivity contribution in [3.05, 3.63) is 54.0 Å². The fourth-order valence-corrected chi connectivity index (χ4v) is 2.95. The highest BCUT2D eigenvalue weighted by Crippen LogP contribution is 2.22. The monoisotopic (exact) mass is 370 g/mol. The second kappa shape index (κ2) is 8.07. The second-order valence-electron chi connectivity index (χ2n) is 6.64. The number of ether oxygens (including phenoxy) is 1. The first kappa shape index (κ1) is 18.7. The summed E-state index contributed by atoms with van der Waals surface area (Å²) in [7, 11) is 0. The SMILES string of the molecule is Cc1ccccc1NC(=O)[C@@H](C)OC(=O)[C@H]1CC(=O)N(Cc2ccco2)C1. The van der Waals surface area contributed by atoms with Gasteiger partial charge in [-0.3, -0.25) is 14.4 Å². The number of nitrogens with one attached hydrogen (secondary N) is 1. The molecule has 27 heavy (non-hydrogen) atoms. The highest BCUT2D eigenvalue weighted by atomic mass is 16.5. The Kier molecular flexibility index (Phi) is 5.59. The molecule has 0 aliphatic carbocycles. The summed E-state index contributed by atoms with van der Waals surface area (Å²) in [5.74, 6) is -1.01. The molecule has 1 aliphatic rings. The van der Waals surface area contributed by atoms with Crippen LogP contribution in [0, 0.1) is 12.8 Å². The summed E-state index contributed by atoms with van der Waals surface area (Å²) >= 11 is 0. The Bertz CT molecular complexity index is 831. The zero-order valence-corrected chi connectivity index (χ0v) is 15.3. The first-order valence-electron chi connectivity index (χ1n) is 8.81. The maximum atomic E-state index is 12.4. The Labute approximate surface area is 157 Å². The summed E-state index contributed by atoms with van der Waals surface area (Å²) in [6.07, 6.45) is 0.661. The van der Waals surface area contributed by atoms with Crippen molar-refractivity contribution in [1.82, 2.24) is 4.90 Å². The fourth-order valence-electron chi connectivity index (χ4n) is 2.95. The van der Waals surface area contributed by atoms with Gasteiger partial charge in [0.2, 0.25) is 5.91 Å². The quantitative estimate of drug-likeness (QED) is 0.789. The van der Waals surface area contributed by atoms with Crippen LogP contribution in [0.3, 0.4) is 0 Å². The van der Waals surface area contributed by atoms with Gasteiger partial charge in [-0.05, 0) is 37.6 Å². The van der Waals surface area contributed by atoms with Gasteiger partial charge in [-0.15, -0.1) is 0 Å². The molecular formula is C20H22N2O5. The number of nitrogens with zero attached hydrogens (tertiary/aromatic N) is 1. The predicted molar refractivity (Wildman–Crippen MR) is 97.6 cm³/mol. The lowest BCUT2D eigenvalue weighted by Gasteiger charge is -2.17. The van der Waals surface area contributed by atoms with E-state index < -0.39 is 23.9 Å². The molecule has 2 atom stereocenters. The predicted octanol–water partition coefficient (Wildman–Crippen LogP) is 2.51. The summed E-state index contributed by atoms with van der Waals surface area (Å²) in [6, 6.07) is 10.9. The van der Waals surface area contributed by atoms with E-state index in [0.717, 1.165) is 5.56 Å². The summed E-state index contributed by atoms with van der Waals surface area (Å²) in [5, 5.41) is 2.75. The molecule has 2 amide bonds. The van der Waals surface area contributed by atoms with E-state index in [4.69, 9.17) is 9.15 Å². The molecule has 2 aromatic rings. The number of carbonyl (C=O) groups is 3. The summed E-state index contributed by atoms with van der Waals surface area (Å²) in [5.41, 5.74) is 1.59. The molecule has 0 bridgehead atoms. The number of aryl methyl sites for hydroxylation is 1. The van der Waals surface area contributed by atoms with Crippen LogP contribution >= 0.6 is 0 Å². The minimum absolute atomic E-state index is 0.0751. The number of hydrogen-bond acceptors (Lipinski definition) is 5. The maximum absolute atomic E-state index is 12.4. The molecule has 0 unspecified atom stereocenters. The van der Waals surface area contributed by atoms with Crippen LogP contribution in [0.2, 0.25) is 0 Å². The Morgan fingerprint density at radius 3 is 2.78 bits per heavy atom. The molecule has 142 valence electrons. The van der Waals surface area contributed by atoms with E-state index >= 15 is 0 Å². The first-order valence-corrected chi connectivity index (χ1v) is 8.81. The van der Waals surface area contributed by atoms with Crippen molar-refractivity contribution in [3.63, 3.8) is 0 Å². The molecule has 1 fully saturated rings. The van der Waals surface area contributed by atoms with Crippen molar-refractivity contribution in [2.45, 2.75) is 32.9 Å². The average Bonchev–Trinajstić information content (AvgIpc) is 3.27. The zero-order chi connectivity index (χ0) is 19.4. The number of furan rings is 1. The van der Waals surface area contributed by atoms with Crippen LogP contribution in [0.5, 0.6) is 0 Å². The van der Waals surface area contributed by atoms with Crippen LogP contribution in [0.15, 0.2) is 47.1 Å². The Morgan fingerprint density at radius 1 is 1.30 bits per heavy atom. The minimum Gasteiger partial charge on any atom is -0.467 e. The van der Waals surface area contributed by atoms with Crippen LogP contribution in [-0.4, -0.2) is 35.3 Å². The van der Waals surface area contributed by atoms with Gasteiger partial charge < -0.3 is 19.4 Å². The lowest BCUT2D eigenvalue weighted by Crippen LogP contribution is -2.33. The number of esters is 1. The highest BCUT2D eigenvalue weighted by Gasteiger charge is 2.36. The van der Waals surface area contributed by atoms with Crippen LogP contribution in [0.25, 0.3) is 0 Å². The minimum atomic E-state index is -0.952. The fraction of sp³-hybridized carbons (Fsp3) is 0.350. The van der Waals surface area contributed by atoms with Crippen LogP contribution in [0.1, 0.15) is 24.7 Å². The number of rotatable bonds is 6. The molecular weight excluding hydrogens is 348 g/mol. The van der Waals surface area contributed by atoms with Gasteiger partial charge >= 0.3 is 5.97 Å². The van der Waals surface area contributed by atoms with Crippen molar-refractivity contribution in [3.8, 4) is 0 Å². The number of carbonyl (C=O) groups excluding carboxylic acids is 3. The van der Waals surface area contributed by atoms with Gasteiger partial charge in [-0.25, -0.2) is 0 Å². The van der Waals surface area contributed by atoms with Crippen LogP contribution in [0.4, 0.5) is 5.69 Å². The topological polar surface area (TPSA) is 88.8 Å². The van der Waals surface area contributed by atoms with Crippen molar-refractivity contribution in [2.24, 2.45) is 5.92 Å². The maximum Gasteiger partial charge on any atom is 0.312 e. The summed E-state index contributed by atoms with van der Waals surface area (Å²) in [6.45, 7) is 3.97. The molecule has 0 radical (unpaired) electrons. The smallest absolute Gasteiger partial charge is 0.312 e. The number of anilines is 1. The third kappa shape index (κ3) is 4.55. The molecule has 1 aromatic carbocycles. The van der Waals surface area contributed by atoms with Gasteiger partial charge in [-0.2, -0.15) is 0 Å². The van der Waals surface area contributed by atoms with E-state index in [-0.39, 0.29) is 18.9 Å². The van der Waals surface area contributed by atoms with E-state index in [0.29, 0.717) is 18.0 Å². The molecule has 3 rings (SSSR count). The largest absolute Gasteiger partial charge is 0.467 e. The Morgan fingerprint density at radius 2 is 2.07 bits per heavy atom. The molecule has 0 saturated carbocycles. The van der Waals surface area contributed by atoms with Crippen molar-refractivity contribution in [1.29, 1.82) is 0 Å². The van der Waals surface area contributed by atoms with Crippen molar-refractivity contribution >= 4 is 23.5 Å². The molecule has 1 aromatic heterocycles. The third-order valence-corrected chi connectivity index (χ3v) is 4.54. The van der Waals surface area contributed by atoms with E-state index in [1.165, 1.54) is 13.2 Å². The van der Waals surface area contributed by atoms with Crippen LogP contribution < -0.4 is 5.32 Å². The number of para-hydroxylation sites is 1. The van der Waals surface area contributed by atoms with E-state index in [1.807, 2.05) is 25.1 Å². The lowest BCUT2D eigenvalue weighted by molar-refractivity contribution is -0.157. The number of benzene rings is 1. The Hall–Kier alpha value is -3.09. The van der Waals surface area contributed by atoms with Crippen molar-refractivity contribution in [2.75, 3.05) is 11.9 Å². The normalized spacial score (nSPS) is 17.6. The molecule has 1 N–H and O–H groups in total. The standard InChI is InChI=1S/C20H22N2O5/c1-13-6-3-4-8-17(13)21-19(24)14(2)27-20(25)15-10-18(23)22(11-15)12-16-7-5-9-26-16/h3-9,14-15H,10-12H2,1-2H3,(H,21,24)/t14-,15+/m1/s1. The molecule has 1 aliphatic heterocycles. The van der Waals surface area contributed by atoms with Crippen LogP contribution in [-0.2, 0) is 25.7 Å². The van der Waals surface area contributed by atoms with E-state index in [2.05, 4.69) is 5.32 Å².